The van der Waals surface area contributed by atoms with Crippen molar-refractivity contribution in [3.8, 4) is 0 Å². The van der Waals surface area contributed by atoms with Crippen LogP contribution in [0.25, 0.3) is 0 Å². The molecule has 1 N–H and O–H groups in total. The van der Waals surface area contributed by atoms with Gasteiger partial charge in [0.1, 0.15) is 11.7 Å². The third-order valence-electron chi connectivity index (χ3n) is 1.86. The maximum absolute atomic E-state index is 13.5. The summed E-state index contributed by atoms with van der Waals surface area (Å²) in [4.78, 5) is 10.9. The lowest BCUT2D eigenvalue weighted by atomic mass is 10.1. The zero-order valence-electron chi connectivity index (χ0n) is 7.81. The Morgan fingerprint density at radius 2 is 2.29 bits per heavy atom. The van der Waals surface area contributed by atoms with Gasteiger partial charge in [-0.05, 0) is 18.1 Å². The zero-order chi connectivity index (χ0) is 10.6. The van der Waals surface area contributed by atoms with Gasteiger partial charge in [-0.2, -0.15) is 0 Å². The molecule has 0 aliphatic rings. The van der Waals surface area contributed by atoms with E-state index >= 15 is 0 Å². The molecule has 76 valence electrons. The van der Waals surface area contributed by atoms with Crippen molar-refractivity contribution in [2.24, 2.45) is 0 Å². The van der Waals surface area contributed by atoms with E-state index in [2.05, 4.69) is 5.32 Å². The smallest absolute Gasteiger partial charge is 0.239 e. The molecule has 1 aromatic rings. The van der Waals surface area contributed by atoms with Crippen LogP contribution in [0.1, 0.15) is 12.5 Å². The molecular weight excluding hydrogens is 205 g/mol. The fourth-order valence-corrected chi connectivity index (χ4v) is 1.20. The highest BCUT2D eigenvalue weighted by molar-refractivity contribution is 6.29. The molecule has 0 aliphatic carbocycles. The van der Waals surface area contributed by atoms with Gasteiger partial charge in [-0.15, -0.1) is 11.6 Å². The van der Waals surface area contributed by atoms with Gasteiger partial charge in [0.25, 0.3) is 0 Å². The standard InChI is InChI=1S/C10H11ClFNO/c1-2-7-4-3-5-8(10(7)12)13-9(14)6-11/h3-5H,2,6H2,1H3,(H,13,14). The van der Waals surface area contributed by atoms with E-state index in [0.29, 0.717) is 12.0 Å². The average Bonchev–Trinajstić information content (AvgIpc) is 2.21. The monoisotopic (exact) mass is 215 g/mol. The van der Waals surface area contributed by atoms with Gasteiger partial charge in [-0.1, -0.05) is 19.1 Å². The van der Waals surface area contributed by atoms with Crippen LogP contribution in [0, 0.1) is 5.82 Å². The quantitative estimate of drug-likeness (QED) is 0.772. The molecular formula is C10H11ClFNO. The number of alkyl halides is 1. The lowest BCUT2D eigenvalue weighted by Gasteiger charge is -2.07. The third kappa shape index (κ3) is 2.45. The van der Waals surface area contributed by atoms with E-state index in [1.807, 2.05) is 6.92 Å². The Morgan fingerprint density at radius 3 is 2.86 bits per heavy atom. The number of benzene rings is 1. The molecule has 0 spiro atoms. The second kappa shape index (κ2) is 4.96. The van der Waals surface area contributed by atoms with E-state index in [1.165, 1.54) is 6.07 Å². The van der Waals surface area contributed by atoms with Gasteiger partial charge in [-0.3, -0.25) is 4.79 Å². The molecule has 0 heterocycles. The maximum Gasteiger partial charge on any atom is 0.239 e. The fraction of sp³-hybridized carbons (Fsp3) is 0.300. The second-order valence-corrected chi connectivity index (χ2v) is 3.08. The first-order valence-electron chi connectivity index (χ1n) is 4.32. The van der Waals surface area contributed by atoms with Crippen molar-refractivity contribution in [3.63, 3.8) is 0 Å². The highest BCUT2D eigenvalue weighted by atomic mass is 35.5. The van der Waals surface area contributed by atoms with E-state index < -0.39 is 5.91 Å². The van der Waals surface area contributed by atoms with Crippen molar-refractivity contribution in [2.75, 3.05) is 11.2 Å². The molecule has 1 aromatic carbocycles. The molecule has 0 unspecified atom stereocenters. The van der Waals surface area contributed by atoms with E-state index in [0.717, 1.165) is 0 Å². The Labute approximate surface area is 87.1 Å². The predicted octanol–water partition coefficient (Wildman–Crippen LogP) is 2.57. The Hall–Kier alpha value is -1.09. The van der Waals surface area contributed by atoms with Crippen LogP contribution in [0.15, 0.2) is 18.2 Å². The summed E-state index contributed by atoms with van der Waals surface area (Å²) in [6.45, 7) is 1.85. The first kappa shape index (κ1) is 11.0. The van der Waals surface area contributed by atoms with Crippen molar-refractivity contribution in [1.82, 2.24) is 0 Å². The zero-order valence-corrected chi connectivity index (χ0v) is 8.57. The number of nitrogens with one attached hydrogen (secondary N) is 1. The Bertz CT molecular complexity index is 341. The minimum Gasteiger partial charge on any atom is -0.323 e. The van der Waals surface area contributed by atoms with Gasteiger partial charge >= 0.3 is 0 Å². The van der Waals surface area contributed by atoms with Crippen LogP contribution >= 0.6 is 11.6 Å². The second-order valence-electron chi connectivity index (χ2n) is 2.81. The molecule has 14 heavy (non-hydrogen) atoms. The number of anilines is 1. The van der Waals surface area contributed by atoms with Gasteiger partial charge in [0.05, 0.1) is 5.69 Å². The summed E-state index contributed by atoms with van der Waals surface area (Å²) in [6.07, 6.45) is 0.594. The van der Waals surface area contributed by atoms with Crippen LogP contribution < -0.4 is 5.32 Å². The summed E-state index contributed by atoms with van der Waals surface area (Å²) in [5.74, 6) is -0.956. The Kier molecular flexibility index (Phi) is 3.89. The summed E-state index contributed by atoms with van der Waals surface area (Å²) < 4.78 is 13.5. The number of halogens is 2. The normalized spacial score (nSPS) is 9.93. The minimum absolute atomic E-state index is 0.171. The summed E-state index contributed by atoms with van der Waals surface area (Å²) in [7, 11) is 0. The van der Waals surface area contributed by atoms with Crippen LogP contribution in [0.5, 0.6) is 0 Å². The number of carbonyl (C=O) groups is 1. The molecule has 0 atom stereocenters. The first-order valence-corrected chi connectivity index (χ1v) is 4.85. The van der Waals surface area contributed by atoms with Crippen molar-refractivity contribution in [3.05, 3.63) is 29.6 Å². The average molecular weight is 216 g/mol. The topological polar surface area (TPSA) is 29.1 Å². The predicted molar refractivity (Wildman–Crippen MR) is 55.1 cm³/mol. The summed E-state index contributed by atoms with van der Waals surface area (Å²) in [5.41, 5.74) is 0.771. The van der Waals surface area contributed by atoms with Crippen LogP contribution in [0.4, 0.5) is 10.1 Å². The lowest BCUT2D eigenvalue weighted by Crippen LogP contribution is -2.14. The molecule has 0 aliphatic heterocycles. The van der Waals surface area contributed by atoms with E-state index in [1.54, 1.807) is 12.1 Å². The summed E-state index contributed by atoms with van der Waals surface area (Å²) in [5, 5.41) is 2.39. The number of aryl methyl sites for hydroxylation is 1. The molecule has 2 nitrogen and oxygen atoms in total. The molecule has 0 saturated heterocycles. The lowest BCUT2D eigenvalue weighted by molar-refractivity contribution is -0.113. The van der Waals surface area contributed by atoms with Crippen molar-refractivity contribution < 1.29 is 9.18 Å². The molecule has 1 rings (SSSR count). The van der Waals surface area contributed by atoms with E-state index in [9.17, 15) is 9.18 Å². The highest BCUT2D eigenvalue weighted by Gasteiger charge is 2.08. The molecule has 0 fully saturated rings. The molecule has 0 saturated carbocycles. The van der Waals surface area contributed by atoms with E-state index in [-0.39, 0.29) is 17.4 Å². The number of hydrogen-bond donors (Lipinski definition) is 1. The Morgan fingerprint density at radius 1 is 1.57 bits per heavy atom. The van der Waals surface area contributed by atoms with E-state index in [4.69, 9.17) is 11.6 Å². The third-order valence-corrected chi connectivity index (χ3v) is 2.10. The molecule has 0 aromatic heterocycles. The van der Waals surface area contributed by atoms with Crippen molar-refractivity contribution in [1.29, 1.82) is 0 Å². The number of rotatable bonds is 3. The summed E-state index contributed by atoms with van der Waals surface area (Å²) in [6, 6.07) is 4.90. The van der Waals surface area contributed by atoms with Crippen LogP contribution in [0.2, 0.25) is 0 Å². The van der Waals surface area contributed by atoms with Gasteiger partial charge in [-0.25, -0.2) is 4.39 Å². The van der Waals surface area contributed by atoms with Crippen molar-refractivity contribution in [2.45, 2.75) is 13.3 Å². The fourth-order valence-electron chi connectivity index (χ4n) is 1.13. The highest BCUT2D eigenvalue weighted by Crippen LogP contribution is 2.18. The minimum atomic E-state index is -0.404. The van der Waals surface area contributed by atoms with Gasteiger partial charge in [0.2, 0.25) is 5.91 Å². The molecule has 0 bridgehead atoms. The van der Waals surface area contributed by atoms with Crippen LogP contribution in [-0.4, -0.2) is 11.8 Å². The van der Waals surface area contributed by atoms with Crippen LogP contribution in [0.3, 0.4) is 0 Å². The van der Waals surface area contributed by atoms with Gasteiger partial charge in [0, 0.05) is 0 Å². The first-order chi connectivity index (χ1) is 6.69. The van der Waals surface area contributed by atoms with Crippen molar-refractivity contribution >= 4 is 23.2 Å². The summed E-state index contributed by atoms with van der Waals surface area (Å²) >= 11 is 5.29. The molecule has 1 amide bonds. The maximum atomic E-state index is 13.5. The van der Waals surface area contributed by atoms with Gasteiger partial charge in [0.15, 0.2) is 0 Å². The molecule has 4 heteroatoms. The van der Waals surface area contributed by atoms with Gasteiger partial charge < -0.3 is 5.32 Å². The largest absolute Gasteiger partial charge is 0.323 e. The number of hydrogen-bond acceptors (Lipinski definition) is 1. The number of amides is 1. The SMILES string of the molecule is CCc1cccc(NC(=O)CCl)c1F. The molecule has 0 radical (unpaired) electrons. The van der Waals surface area contributed by atoms with Crippen LogP contribution in [-0.2, 0) is 11.2 Å². The number of carbonyl (C=O) groups excluding carboxylic acids is 1. The Balaban J connectivity index is 2.92.